The molecule has 1 spiro atoms. The molecule has 1 aromatic carbocycles. The van der Waals surface area contributed by atoms with E-state index in [0.717, 1.165) is 16.8 Å². The summed E-state index contributed by atoms with van der Waals surface area (Å²) >= 11 is 0. The second-order valence-electron chi connectivity index (χ2n) is 9.85. The Balaban J connectivity index is 1.78. The third-order valence-corrected chi connectivity index (χ3v) is 7.67. The number of fused-ring (bicyclic) bond motifs is 1. The first-order valence-electron chi connectivity index (χ1n) is 12.2. The smallest absolute Gasteiger partial charge is 0.253 e. The van der Waals surface area contributed by atoms with Crippen LogP contribution in [0.5, 0.6) is 0 Å². The van der Waals surface area contributed by atoms with Crippen molar-refractivity contribution in [2.75, 3.05) is 38.2 Å². The maximum Gasteiger partial charge on any atom is 0.253 e. The lowest BCUT2D eigenvalue weighted by molar-refractivity contribution is -0.144. The van der Waals surface area contributed by atoms with E-state index in [4.69, 9.17) is 4.74 Å². The molecule has 8 nitrogen and oxygen atoms in total. The number of carbonyl (C=O) groups is 3. The lowest BCUT2D eigenvalue weighted by atomic mass is 9.70. The minimum Gasteiger partial charge on any atom is -0.395 e. The van der Waals surface area contributed by atoms with Crippen LogP contribution < -0.4 is 4.90 Å². The van der Waals surface area contributed by atoms with Gasteiger partial charge in [0.25, 0.3) is 5.91 Å². The highest BCUT2D eigenvalue weighted by atomic mass is 16.5. The van der Waals surface area contributed by atoms with Crippen molar-refractivity contribution in [2.45, 2.75) is 44.4 Å². The first kappa shape index (κ1) is 25.1. The lowest BCUT2D eigenvalue weighted by Crippen LogP contribution is -2.57. The number of likely N-dealkylation sites (N-methyl/N-ethyl adjacent to an activating group) is 1. The molecule has 3 fully saturated rings. The van der Waals surface area contributed by atoms with Crippen molar-refractivity contribution in [1.29, 1.82) is 0 Å². The highest BCUT2D eigenvalue weighted by Gasteiger charge is 2.74. The van der Waals surface area contributed by atoms with Crippen molar-refractivity contribution in [1.82, 2.24) is 9.80 Å². The maximum atomic E-state index is 14.3. The molecular weight excluding hydrogens is 446 g/mol. The van der Waals surface area contributed by atoms with E-state index in [1.54, 1.807) is 29.0 Å². The van der Waals surface area contributed by atoms with E-state index in [1.807, 2.05) is 32.0 Å². The minimum atomic E-state index is -1.10. The third kappa shape index (κ3) is 3.89. The molecule has 3 saturated heterocycles. The highest BCUT2D eigenvalue weighted by molar-refractivity contribution is 6.05. The van der Waals surface area contributed by atoms with Gasteiger partial charge in [-0.25, -0.2) is 0 Å². The van der Waals surface area contributed by atoms with Gasteiger partial charge in [-0.05, 0) is 43.9 Å². The molecule has 3 amide bonds. The Kier molecular flexibility index (Phi) is 6.88. The molecule has 0 aliphatic carbocycles. The molecule has 3 aliphatic rings. The fraction of sp³-hybridized carbons (Fsp3) is 0.519. The van der Waals surface area contributed by atoms with Gasteiger partial charge in [-0.1, -0.05) is 24.3 Å². The summed E-state index contributed by atoms with van der Waals surface area (Å²) in [6, 6.07) is 4.96. The fourth-order valence-electron chi connectivity index (χ4n) is 6.19. The van der Waals surface area contributed by atoms with E-state index in [9.17, 15) is 19.5 Å². The van der Waals surface area contributed by atoms with Crippen molar-refractivity contribution in [3.63, 3.8) is 0 Å². The average molecular weight is 482 g/mol. The Bertz CT molecular complexity index is 1060. The molecule has 2 bridgehead atoms. The number of β-amino-alcohol motifs (C(OH)–C–C–N with tert-alkyl or cyclic N) is 1. The standard InChI is InChI=1S/C27H35N3O5/c1-6-12-28(5)24(32)21-20-10-11-27(35-20)22(21)25(33)30(14-15-31)23(27)26(34)29(13-7-2)19-16-17(3)8-9-18(19)4/h6-9,16,20-23,31H,1-2,10-15H2,3-5H3/t20-,21+,22-,23?,27?/m0/s1. The molecule has 8 heteroatoms. The number of ether oxygens (including phenoxy) is 1. The van der Waals surface area contributed by atoms with Gasteiger partial charge >= 0.3 is 0 Å². The molecule has 0 saturated carbocycles. The van der Waals surface area contributed by atoms with Crippen LogP contribution >= 0.6 is 0 Å². The Hall–Kier alpha value is -2.97. The van der Waals surface area contributed by atoms with Gasteiger partial charge in [0.05, 0.1) is 24.5 Å². The summed E-state index contributed by atoms with van der Waals surface area (Å²) in [5.74, 6) is -2.18. The molecule has 4 rings (SSSR count). The van der Waals surface area contributed by atoms with Crippen LogP contribution in [0.2, 0.25) is 0 Å². The van der Waals surface area contributed by atoms with Crippen molar-refractivity contribution >= 4 is 23.4 Å². The minimum absolute atomic E-state index is 0.000344. The van der Waals surface area contributed by atoms with Crippen LogP contribution in [0.1, 0.15) is 24.0 Å². The number of aliphatic hydroxyl groups is 1. The second kappa shape index (κ2) is 9.59. The monoisotopic (exact) mass is 481 g/mol. The van der Waals surface area contributed by atoms with E-state index in [-0.39, 0.29) is 37.4 Å². The van der Waals surface area contributed by atoms with E-state index < -0.39 is 29.6 Å². The van der Waals surface area contributed by atoms with Crippen LogP contribution in [0, 0.1) is 25.7 Å². The Morgan fingerprint density at radius 3 is 2.60 bits per heavy atom. The quantitative estimate of drug-likeness (QED) is 0.544. The zero-order valence-corrected chi connectivity index (χ0v) is 20.8. The summed E-state index contributed by atoms with van der Waals surface area (Å²) in [6.45, 7) is 11.8. The summed E-state index contributed by atoms with van der Waals surface area (Å²) < 4.78 is 6.45. The van der Waals surface area contributed by atoms with Crippen molar-refractivity contribution in [3.8, 4) is 0 Å². The number of carbonyl (C=O) groups excluding carboxylic acids is 3. The molecule has 2 unspecified atom stereocenters. The van der Waals surface area contributed by atoms with Crippen molar-refractivity contribution < 1.29 is 24.2 Å². The molecule has 1 N–H and O–H groups in total. The number of hydrogen-bond donors (Lipinski definition) is 1. The van der Waals surface area contributed by atoms with Crippen molar-refractivity contribution in [3.05, 3.63) is 54.6 Å². The number of anilines is 1. The largest absolute Gasteiger partial charge is 0.395 e. The Labute approximate surface area is 206 Å². The number of benzene rings is 1. The number of nitrogens with zero attached hydrogens (tertiary/aromatic N) is 3. The molecule has 1 aromatic rings. The first-order chi connectivity index (χ1) is 16.7. The zero-order valence-electron chi connectivity index (χ0n) is 20.8. The first-order valence-corrected chi connectivity index (χ1v) is 12.2. The number of aliphatic hydroxyl groups excluding tert-OH is 1. The second-order valence-corrected chi connectivity index (χ2v) is 9.85. The van der Waals surface area contributed by atoms with Gasteiger partial charge in [0, 0.05) is 32.4 Å². The molecular formula is C27H35N3O5. The van der Waals surface area contributed by atoms with Crippen LogP contribution in [0.3, 0.4) is 0 Å². The average Bonchev–Trinajstić information content (AvgIpc) is 3.46. The van der Waals surface area contributed by atoms with Crippen molar-refractivity contribution in [2.24, 2.45) is 11.8 Å². The number of rotatable bonds is 9. The molecule has 3 heterocycles. The van der Waals surface area contributed by atoms with Crippen LogP contribution in [0.25, 0.3) is 0 Å². The molecule has 3 aliphatic heterocycles. The number of likely N-dealkylation sites (tertiary alicyclic amines) is 1. The van der Waals surface area contributed by atoms with E-state index in [2.05, 4.69) is 13.2 Å². The third-order valence-electron chi connectivity index (χ3n) is 7.67. The number of amides is 3. The topological polar surface area (TPSA) is 90.4 Å². The lowest BCUT2D eigenvalue weighted by Gasteiger charge is -2.37. The molecule has 0 radical (unpaired) electrons. The summed E-state index contributed by atoms with van der Waals surface area (Å²) in [4.78, 5) is 46.0. The van der Waals surface area contributed by atoms with E-state index >= 15 is 0 Å². The summed E-state index contributed by atoms with van der Waals surface area (Å²) in [5.41, 5.74) is 1.58. The predicted molar refractivity (Wildman–Crippen MR) is 133 cm³/mol. The highest BCUT2D eigenvalue weighted by Crippen LogP contribution is 2.59. The van der Waals surface area contributed by atoms with Gasteiger partial charge < -0.3 is 24.5 Å². The van der Waals surface area contributed by atoms with Gasteiger partial charge in [0.2, 0.25) is 11.8 Å². The number of hydrogen-bond acceptors (Lipinski definition) is 5. The molecule has 0 aromatic heterocycles. The van der Waals surface area contributed by atoms with Gasteiger partial charge in [0.15, 0.2) is 0 Å². The SMILES string of the molecule is C=CCN(C)C(=O)[C@@H]1[C@@H]2CCC3(O2)C(C(=O)N(CC=C)c2cc(C)ccc2C)N(CCO)C(=O)[C@H]13. The maximum absolute atomic E-state index is 14.3. The zero-order chi connectivity index (χ0) is 25.5. The predicted octanol–water partition coefficient (Wildman–Crippen LogP) is 1.83. The molecule has 35 heavy (non-hydrogen) atoms. The number of aryl methyl sites for hydroxylation is 2. The summed E-state index contributed by atoms with van der Waals surface area (Å²) in [7, 11) is 1.68. The van der Waals surface area contributed by atoms with Crippen LogP contribution in [0.15, 0.2) is 43.5 Å². The molecule has 5 atom stereocenters. The normalized spacial score (nSPS) is 28.7. The fourth-order valence-corrected chi connectivity index (χ4v) is 6.19. The summed E-state index contributed by atoms with van der Waals surface area (Å²) in [6.07, 6.45) is 3.99. The van der Waals surface area contributed by atoms with Gasteiger partial charge in [-0.15, -0.1) is 13.2 Å². The van der Waals surface area contributed by atoms with Gasteiger partial charge in [-0.2, -0.15) is 0 Å². The van der Waals surface area contributed by atoms with Crippen LogP contribution in [-0.4, -0.2) is 83.7 Å². The Morgan fingerprint density at radius 2 is 1.94 bits per heavy atom. The van der Waals surface area contributed by atoms with Crippen LogP contribution in [0.4, 0.5) is 5.69 Å². The van der Waals surface area contributed by atoms with E-state index in [1.165, 1.54) is 4.90 Å². The molecule has 188 valence electrons. The Morgan fingerprint density at radius 1 is 1.23 bits per heavy atom. The van der Waals surface area contributed by atoms with Gasteiger partial charge in [0.1, 0.15) is 11.6 Å². The van der Waals surface area contributed by atoms with Crippen LogP contribution in [-0.2, 0) is 19.1 Å². The summed E-state index contributed by atoms with van der Waals surface area (Å²) in [5, 5.41) is 9.79. The van der Waals surface area contributed by atoms with Gasteiger partial charge in [-0.3, -0.25) is 14.4 Å². The van der Waals surface area contributed by atoms with E-state index in [0.29, 0.717) is 19.4 Å².